The summed E-state index contributed by atoms with van der Waals surface area (Å²) in [7, 11) is -5.84. The van der Waals surface area contributed by atoms with Crippen LogP contribution < -0.4 is 0 Å². The molecule has 17 heavy (non-hydrogen) atoms. The van der Waals surface area contributed by atoms with Crippen LogP contribution in [0.25, 0.3) is 0 Å². The van der Waals surface area contributed by atoms with E-state index in [1.165, 1.54) is 11.1 Å². The van der Waals surface area contributed by atoms with Gasteiger partial charge in [-0.05, 0) is 49.7 Å². The summed E-state index contributed by atoms with van der Waals surface area (Å²) in [5.41, 5.74) is -2.92. The molecule has 0 radical (unpaired) electrons. The summed E-state index contributed by atoms with van der Waals surface area (Å²) in [6.45, 7) is 4.19. The van der Waals surface area contributed by atoms with Gasteiger partial charge in [-0.1, -0.05) is 6.07 Å². The smallest absolute Gasteiger partial charge is 0.279 e. The number of alkyl halides is 3. The molecule has 0 atom stereocenters. The van der Waals surface area contributed by atoms with Gasteiger partial charge in [-0.3, -0.25) is 4.55 Å². The van der Waals surface area contributed by atoms with Gasteiger partial charge in [0.05, 0.1) is 0 Å². The van der Waals surface area contributed by atoms with Crippen LogP contribution in [0.2, 0.25) is 0 Å². The number of benzene rings is 1. The van der Waals surface area contributed by atoms with E-state index in [0.29, 0.717) is 0 Å². The molecule has 1 rings (SSSR count). The largest absolute Gasteiger partial charge is 0.522 e. The number of hydrogen-bond acceptors (Lipinski definition) is 2. The lowest BCUT2D eigenvalue weighted by Gasteiger charge is -1.97. The van der Waals surface area contributed by atoms with Crippen molar-refractivity contribution in [2.45, 2.75) is 24.3 Å². The number of rotatable bonds is 0. The molecule has 3 nitrogen and oxygen atoms in total. The van der Waals surface area contributed by atoms with Crippen LogP contribution in [0.15, 0.2) is 23.1 Å². The molecular formula is C9H12F3O3S2+. The van der Waals surface area contributed by atoms with Crippen molar-refractivity contribution in [2.75, 3.05) is 0 Å². The van der Waals surface area contributed by atoms with Crippen molar-refractivity contribution in [3.05, 3.63) is 29.3 Å². The highest BCUT2D eigenvalue weighted by atomic mass is 32.2. The Bertz CT molecular complexity index is 430. The normalized spacial score (nSPS) is 11.7. The Morgan fingerprint density at radius 2 is 1.41 bits per heavy atom. The Kier molecular flexibility index (Phi) is 5.50. The predicted molar refractivity (Wildman–Crippen MR) is 61.9 cm³/mol. The van der Waals surface area contributed by atoms with Gasteiger partial charge >= 0.3 is 15.6 Å². The lowest BCUT2D eigenvalue weighted by atomic mass is 10.2. The van der Waals surface area contributed by atoms with Gasteiger partial charge in [0, 0.05) is 0 Å². The topological polar surface area (TPSA) is 54.4 Å². The van der Waals surface area contributed by atoms with Gasteiger partial charge in [0.25, 0.3) is 0 Å². The van der Waals surface area contributed by atoms with Crippen molar-refractivity contribution in [1.82, 2.24) is 0 Å². The Hall–Kier alpha value is -0.730. The van der Waals surface area contributed by atoms with Crippen molar-refractivity contribution in [1.29, 1.82) is 0 Å². The zero-order valence-electron chi connectivity index (χ0n) is 9.04. The average molecular weight is 289 g/mol. The molecule has 0 aliphatic carbocycles. The number of hydrogen-bond donors (Lipinski definition) is 1. The maximum Gasteiger partial charge on any atom is 0.522 e. The standard InChI is InChI=1S/C8H10S.CHF3O3S/c1-6-3-7(2)5-8(9)4-6;2-1(3,4)8(5,6)7/h3-5,9H,1-2H3;(H,5,6,7)/p+1. The molecule has 0 saturated carbocycles. The van der Waals surface area contributed by atoms with Gasteiger partial charge < -0.3 is 0 Å². The SMILES string of the molecule is Cc1cc(C)cc([SH2+])c1.O=S(=O)(O)C(F)(F)F. The van der Waals surface area contributed by atoms with Crippen LogP contribution in [0, 0.1) is 13.8 Å². The molecule has 1 N–H and O–H groups in total. The first-order chi connectivity index (χ1) is 7.43. The summed E-state index contributed by atoms with van der Waals surface area (Å²) in [4.78, 5) is 1.16. The van der Waals surface area contributed by atoms with E-state index in [1.54, 1.807) is 0 Å². The predicted octanol–water partition coefficient (Wildman–Crippen LogP) is 2.07. The summed E-state index contributed by atoms with van der Waals surface area (Å²) in [6, 6.07) is 6.36. The van der Waals surface area contributed by atoms with Crippen LogP contribution in [0.3, 0.4) is 0 Å². The van der Waals surface area contributed by atoms with Crippen LogP contribution in [0.5, 0.6) is 0 Å². The molecule has 8 heteroatoms. The summed E-state index contributed by atoms with van der Waals surface area (Å²) in [5, 5.41) is 0. The van der Waals surface area contributed by atoms with Gasteiger partial charge in [0.15, 0.2) is 4.90 Å². The monoisotopic (exact) mass is 289 g/mol. The van der Waals surface area contributed by atoms with Gasteiger partial charge in [-0.2, -0.15) is 21.6 Å². The van der Waals surface area contributed by atoms with Gasteiger partial charge in [0.1, 0.15) is 0 Å². The van der Waals surface area contributed by atoms with Gasteiger partial charge in [-0.25, -0.2) is 0 Å². The van der Waals surface area contributed by atoms with Crippen molar-refractivity contribution in [3.63, 3.8) is 0 Å². The Balaban J connectivity index is 0.000000304. The Morgan fingerprint density at radius 3 is 1.59 bits per heavy atom. The minimum absolute atomic E-state index is 1.16. The number of aryl methyl sites for hydroxylation is 2. The van der Waals surface area contributed by atoms with E-state index in [2.05, 4.69) is 44.7 Å². The lowest BCUT2D eigenvalue weighted by Crippen LogP contribution is -2.21. The quantitative estimate of drug-likeness (QED) is 0.452. The molecule has 0 saturated heterocycles. The fourth-order valence-electron chi connectivity index (χ4n) is 0.975. The Labute approximate surface area is 103 Å². The molecule has 0 unspecified atom stereocenters. The first-order valence-corrected chi connectivity index (χ1v) is 6.21. The second kappa shape index (κ2) is 5.74. The van der Waals surface area contributed by atoms with E-state index in [0.717, 1.165) is 4.90 Å². The maximum atomic E-state index is 10.7. The van der Waals surface area contributed by atoms with Crippen LogP contribution >= 0.6 is 0 Å². The van der Waals surface area contributed by atoms with E-state index in [9.17, 15) is 13.2 Å². The lowest BCUT2D eigenvalue weighted by molar-refractivity contribution is -0.0510. The minimum atomic E-state index is -5.84. The van der Waals surface area contributed by atoms with Crippen molar-refractivity contribution in [2.24, 2.45) is 0 Å². The zero-order chi connectivity index (χ0) is 13.9. The summed E-state index contributed by atoms with van der Waals surface area (Å²) in [6.07, 6.45) is 0. The molecule has 98 valence electrons. The van der Waals surface area contributed by atoms with E-state index in [1.807, 2.05) is 0 Å². The zero-order valence-corrected chi connectivity index (χ0v) is 10.9. The van der Waals surface area contributed by atoms with Gasteiger partial charge in [0.2, 0.25) is 0 Å². The molecule has 1 aromatic rings. The van der Waals surface area contributed by atoms with Crippen molar-refractivity contribution >= 4 is 22.7 Å². The molecule has 1 aromatic carbocycles. The molecule has 0 spiro atoms. The highest BCUT2D eigenvalue weighted by molar-refractivity contribution is 7.86. The van der Waals surface area contributed by atoms with Gasteiger partial charge in [-0.15, -0.1) is 0 Å². The third-order valence-electron chi connectivity index (χ3n) is 1.51. The first kappa shape index (κ1) is 16.3. The highest BCUT2D eigenvalue weighted by Gasteiger charge is 2.44. The fourth-order valence-corrected chi connectivity index (χ4v) is 1.43. The van der Waals surface area contributed by atoms with Crippen LogP contribution in [0.1, 0.15) is 11.1 Å². The van der Waals surface area contributed by atoms with Crippen LogP contribution in [-0.2, 0) is 22.7 Å². The first-order valence-electron chi connectivity index (χ1n) is 4.27. The van der Waals surface area contributed by atoms with Crippen LogP contribution in [0.4, 0.5) is 13.2 Å². The van der Waals surface area contributed by atoms with E-state index in [4.69, 9.17) is 13.0 Å². The molecule has 0 bridgehead atoms. The van der Waals surface area contributed by atoms with Crippen molar-refractivity contribution < 1.29 is 26.1 Å². The summed E-state index contributed by atoms with van der Waals surface area (Å²) < 4.78 is 57.5. The number of halogens is 3. The molecule has 0 aromatic heterocycles. The molecule has 0 heterocycles. The summed E-state index contributed by atoms with van der Waals surface area (Å²) >= 11 is 3.46. The minimum Gasteiger partial charge on any atom is -0.279 e. The van der Waals surface area contributed by atoms with E-state index >= 15 is 0 Å². The molecular weight excluding hydrogens is 277 g/mol. The second-order valence-electron chi connectivity index (χ2n) is 3.30. The molecule has 0 aliphatic rings. The molecule has 0 fully saturated rings. The third kappa shape index (κ3) is 6.54. The Morgan fingerprint density at radius 1 is 1.12 bits per heavy atom. The molecule has 0 aliphatic heterocycles. The van der Waals surface area contributed by atoms with E-state index < -0.39 is 15.6 Å². The second-order valence-corrected chi connectivity index (χ2v) is 5.29. The summed E-state index contributed by atoms with van der Waals surface area (Å²) in [5.74, 6) is 0. The maximum absolute atomic E-state index is 10.7. The fraction of sp³-hybridized carbons (Fsp3) is 0.333. The van der Waals surface area contributed by atoms with Crippen molar-refractivity contribution in [3.8, 4) is 0 Å². The third-order valence-corrected chi connectivity index (χ3v) is 2.39. The van der Waals surface area contributed by atoms with E-state index in [-0.39, 0.29) is 0 Å². The highest BCUT2D eigenvalue weighted by Crippen LogP contribution is 2.20. The average Bonchev–Trinajstić information content (AvgIpc) is 1.96. The molecule has 0 amide bonds. The van der Waals surface area contributed by atoms with Crippen LogP contribution in [-0.4, -0.2) is 18.5 Å².